The Labute approximate surface area is 153 Å². The van der Waals surface area contributed by atoms with Crippen LogP contribution in [0.4, 0.5) is 0 Å². The fourth-order valence-corrected chi connectivity index (χ4v) is 5.06. The highest BCUT2D eigenvalue weighted by atomic mass is 35.5. The molecule has 1 aliphatic carbocycles. The first-order valence-corrected chi connectivity index (χ1v) is 9.42. The Morgan fingerprint density at radius 3 is 2.83 bits per heavy atom. The molecule has 0 saturated carbocycles. The first kappa shape index (κ1) is 16.1. The second kappa shape index (κ2) is 6.14. The largest absolute Gasteiger partial charge is 0.279 e. The number of halogens is 2. The number of benzene rings is 1. The monoisotopic (exact) mass is 379 g/mol. The van der Waals surface area contributed by atoms with Crippen molar-refractivity contribution in [3.8, 4) is 0 Å². The highest BCUT2D eigenvalue weighted by molar-refractivity contribution is 7.18. The van der Waals surface area contributed by atoms with Crippen molar-refractivity contribution in [3.63, 3.8) is 0 Å². The van der Waals surface area contributed by atoms with Gasteiger partial charge in [-0.1, -0.05) is 41.4 Å². The van der Waals surface area contributed by atoms with Crippen molar-refractivity contribution in [2.75, 3.05) is 0 Å². The predicted molar refractivity (Wildman–Crippen MR) is 98.4 cm³/mol. The molecule has 0 spiro atoms. The van der Waals surface area contributed by atoms with E-state index in [0.717, 1.165) is 35.0 Å². The Balaban J connectivity index is 1.83. The molecule has 1 unspecified atom stereocenters. The van der Waals surface area contributed by atoms with Crippen LogP contribution in [0.5, 0.6) is 0 Å². The minimum absolute atomic E-state index is 0.108. The number of fused-ring (bicyclic) bond motifs is 3. The van der Waals surface area contributed by atoms with E-state index in [-0.39, 0.29) is 12.1 Å². The van der Waals surface area contributed by atoms with E-state index < -0.39 is 0 Å². The topological polar surface area (TPSA) is 47.8 Å². The molecule has 0 bridgehead atoms. The van der Waals surface area contributed by atoms with Gasteiger partial charge >= 0.3 is 0 Å². The van der Waals surface area contributed by atoms with Crippen molar-refractivity contribution in [2.24, 2.45) is 5.92 Å². The Kier molecular flexibility index (Phi) is 4.11. The molecule has 24 heavy (non-hydrogen) atoms. The number of nitrogens with zero attached hydrogens (tertiary/aromatic N) is 3. The molecule has 0 aliphatic heterocycles. The second-order valence-electron chi connectivity index (χ2n) is 6.28. The molecule has 2 heterocycles. The van der Waals surface area contributed by atoms with Crippen LogP contribution < -0.4 is 5.56 Å². The van der Waals surface area contributed by atoms with Gasteiger partial charge in [-0.25, -0.2) is 4.68 Å². The van der Waals surface area contributed by atoms with Crippen LogP contribution in [0.25, 0.3) is 10.2 Å². The van der Waals surface area contributed by atoms with Crippen molar-refractivity contribution in [3.05, 3.63) is 54.6 Å². The van der Waals surface area contributed by atoms with E-state index >= 15 is 0 Å². The Hall–Kier alpha value is -1.43. The summed E-state index contributed by atoms with van der Waals surface area (Å²) in [7, 11) is 0. The average Bonchev–Trinajstić information content (AvgIpc) is 2.91. The minimum atomic E-state index is -0.108. The molecule has 124 valence electrons. The summed E-state index contributed by atoms with van der Waals surface area (Å²) in [6.07, 6.45) is 3.06. The summed E-state index contributed by atoms with van der Waals surface area (Å²) in [6, 6.07) is 5.30. The first-order valence-electron chi connectivity index (χ1n) is 7.85. The molecule has 0 amide bonds. The number of aromatic nitrogens is 3. The summed E-state index contributed by atoms with van der Waals surface area (Å²) in [5.41, 5.74) is 1.74. The number of aryl methyl sites for hydroxylation is 1. The molecule has 2 aromatic heterocycles. The number of rotatable bonds is 2. The quantitative estimate of drug-likeness (QED) is 0.665. The summed E-state index contributed by atoms with van der Waals surface area (Å²) >= 11 is 14.0. The van der Waals surface area contributed by atoms with Gasteiger partial charge in [0.15, 0.2) is 4.83 Å². The van der Waals surface area contributed by atoms with Gasteiger partial charge in [0.05, 0.1) is 11.9 Å². The van der Waals surface area contributed by atoms with Gasteiger partial charge in [0.1, 0.15) is 0 Å². The second-order valence-corrected chi connectivity index (χ2v) is 8.18. The molecule has 0 N–H and O–H groups in total. The molecule has 1 atom stereocenters. The van der Waals surface area contributed by atoms with Gasteiger partial charge in [0, 0.05) is 20.5 Å². The van der Waals surface area contributed by atoms with E-state index in [9.17, 15) is 4.79 Å². The van der Waals surface area contributed by atoms with Crippen LogP contribution in [0.15, 0.2) is 23.0 Å². The lowest BCUT2D eigenvalue weighted by atomic mass is 9.89. The average molecular weight is 380 g/mol. The summed E-state index contributed by atoms with van der Waals surface area (Å²) in [6.45, 7) is 2.47. The van der Waals surface area contributed by atoms with Gasteiger partial charge in [-0.3, -0.25) is 4.79 Å². The van der Waals surface area contributed by atoms with Crippen LogP contribution in [0.2, 0.25) is 10.0 Å². The predicted octanol–water partition coefficient (Wildman–Crippen LogP) is 4.33. The number of thiophene rings is 1. The molecular weight excluding hydrogens is 365 g/mol. The van der Waals surface area contributed by atoms with E-state index in [1.165, 1.54) is 9.56 Å². The molecule has 3 aromatic rings. The fraction of sp³-hybridized carbons (Fsp3) is 0.353. The summed E-state index contributed by atoms with van der Waals surface area (Å²) in [4.78, 5) is 15.0. The summed E-state index contributed by atoms with van der Waals surface area (Å²) in [5.74, 6) is 0.655. The molecule has 1 aliphatic rings. The van der Waals surface area contributed by atoms with Crippen molar-refractivity contribution in [2.45, 2.75) is 32.7 Å². The maximum absolute atomic E-state index is 13.0. The number of hydrogen-bond donors (Lipinski definition) is 0. The van der Waals surface area contributed by atoms with Gasteiger partial charge in [0.25, 0.3) is 5.56 Å². The van der Waals surface area contributed by atoms with Gasteiger partial charge in [0.2, 0.25) is 0 Å². The lowest BCUT2D eigenvalue weighted by Gasteiger charge is -2.17. The van der Waals surface area contributed by atoms with Gasteiger partial charge in [-0.2, -0.15) is 0 Å². The number of hydrogen-bond acceptors (Lipinski definition) is 4. The minimum Gasteiger partial charge on any atom is -0.267 e. The van der Waals surface area contributed by atoms with Crippen LogP contribution in [-0.2, 0) is 19.4 Å². The van der Waals surface area contributed by atoms with Crippen LogP contribution in [0, 0.1) is 5.92 Å². The van der Waals surface area contributed by atoms with Crippen LogP contribution >= 0.6 is 34.5 Å². The summed E-state index contributed by atoms with van der Waals surface area (Å²) in [5, 5.41) is 10.1. The van der Waals surface area contributed by atoms with Gasteiger partial charge in [-0.05, 0) is 42.9 Å². The lowest BCUT2D eigenvalue weighted by Crippen LogP contribution is -2.25. The van der Waals surface area contributed by atoms with Crippen molar-refractivity contribution in [1.82, 2.24) is 15.0 Å². The zero-order valence-electron chi connectivity index (χ0n) is 13.1. The maximum atomic E-state index is 13.0. The third kappa shape index (κ3) is 2.65. The van der Waals surface area contributed by atoms with E-state index in [4.69, 9.17) is 23.2 Å². The van der Waals surface area contributed by atoms with E-state index in [2.05, 4.69) is 17.2 Å². The van der Waals surface area contributed by atoms with E-state index in [1.807, 2.05) is 0 Å². The molecule has 1 aromatic carbocycles. The molecular formula is C17H15Cl2N3OS. The van der Waals surface area contributed by atoms with Gasteiger partial charge in [-0.15, -0.1) is 16.4 Å². The lowest BCUT2D eigenvalue weighted by molar-refractivity contribution is 0.508. The zero-order chi connectivity index (χ0) is 16.8. The first-order chi connectivity index (χ1) is 11.5. The molecule has 0 saturated heterocycles. The third-order valence-electron chi connectivity index (χ3n) is 4.55. The highest BCUT2D eigenvalue weighted by Crippen LogP contribution is 2.35. The van der Waals surface area contributed by atoms with Crippen molar-refractivity contribution < 1.29 is 0 Å². The van der Waals surface area contributed by atoms with E-state index in [1.54, 1.807) is 29.5 Å². The van der Waals surface area contributed by atoms with Crippen molar-refractivity contribution in [1.29, 1.82) is 0 Å². The van der Waals surface area contributed by atoms with Gasteiger partial charge < -0.3 is 0 Å². The summed E-state index contributed by atoms with van der Waals surface area (Å²) < 4.78 is 1.36. The van der Waals surface area contributed by atoms with Crippen LogP contribution in [0.1, 0.15) is 29.3 Å². The Morgan fingerprint density at radius 1 is 1.33 bits per heavy atom. The van der Waals surface area contributed by atoms with Crippen molar-refractivity contribution >= 4 is 44.8 Å². The normalized spacial score (nSPS) is 17.2. The standard InChI is InChI=1S/C17H15Cl2N3OS/c1-9-5-6-10-14(7-9)24-16-15(10)17(23)22(21-20-16)8-11-12(18)3-2-4-13(11)19/h2-4,9H,5-8H2,1H3. The zero-order valence-corrected chi connectivity index (χ0v) is 15.4. The van der Waals surface area contributed by atoms with Crippen LogP contribution in [-0.4, -0.2) is 15.0 Å². The van der Waals surface area contributed by atoms with Crippen LogP contribution in [0.3, 0.4) is 0 Å². The third-order valence-corrected chi connectivity index (χ3v) is 6.40. The molecule has 4 rings (SSSR count). The maximum Gasteiger partial charge on any atom is 0.279 e. The van der Waals surface area contributed by atoms with E-state index in [0.29, 0.717) is 21.5 Å². The highest BCUT2D eigenvalue weighted by Gasteiger charge is 2.24. The molecule has 7 heteroatoms. The fourth-order valence-electron chi connectivity index (χ4n) is 3.23. The SMILES string of the molecule is CC1CCc2c(sc3nnn(Cc4c(Cl)cccc4Cl)c(=O)c23)C1. The Morgan fingerprint density at radius 2 is 2.08 bits per heavy atom. The molecule has 0 radical (unpaired) electrons. The smallest absolute Gasteiger partial charge is 0.267 e. The molecule has 4 nitrogen and oxygen atoms in total. The molecule has 0 fully saturated rings. The Bertz CT molecular complexity index is 975.